The Morgan fingerprint density at radius 3 is 2.26 bits per heavy atom. The fraction of sp³-hybridized carbons (Fsp3) is 0.467. The van der Waals surface area contributed by atoms with Crippen molar-refractivity contribution >= 4 is 29.1 Å². The molecule has 0 N–H and O–H groups in total. The number of benzene rings is 1. The molecule has 8 heteroatoms. The summed E-state index contributed by atoms with van der Waals surface area (Å²) in [5, 5.41) is 11.0. The summed E-state index contributed by atoms with van der Waals surface area (Å²) in [4.78, 5) is 38.0. The Bertz CT molecular complexity index is 640. The first-order chi connectivity index (χ1) is 10.8. The van der Waals surface area contributed by atoms with E-state index in [2.05, 4.69) is 0 Å². The number of hydrogen-bond acceptors (Lipinski definition) is 4. The van der Waals surface area contributed by atoms with Crippen LogP contribution in [-0.4, -0.2) is 52.7 Å². The van der Waals surface area contributed by atoms with E-state index in [9.17, 15) is 19.7 Å². The van der Waals surface area contributed by atoms with Crippen LogP contribution in [0.2, 0.25) is 5.02 Å². The molecule has 1 aliphatic heterocycles. The number of piperazine rings is 1. The molecule has 124 valence electrons. The second kappa shape index (κ2) is 6.95. The van der Waals surface area contributed by atoms with E-state index in [-0.39, 0.29) is 34.0 Å². The molecule has 0 radical (unpaired) electrons. The normalized spacial score (nSPS) is 15.0. The van der Waals surface area contributed by atoms with Gasteiger partial charge in [0.1, 0.15) is 0 Å². The quantitative estimate of drug-likeness (QED) is 0.624. The number of hydrogen-bond donors (Lipinski definition) is 0. The molecule has 0 spiro atoms. The fourth-order valence-corrected chi connectivity index (χ4v) is 2.65. The Labute approximate surface area is 139 Å². The van der Waals surface area contributed by atoms with Crippen molar-refractivity contribution in [2.75, 3.05) is 26.2 Å². The zero-order valence-electron chi connectivity index (χ0n) is 13.0. The monoisotopic (exact) mass is 339 g/mol. The number of carbonyl (C=O) groups is 2. The molecule has 1 aromatic rings. The molecule has 1 aliphatic rings. The van der Waals surface area contributed by atoms with Crippen LogP contribution in [0.4, 0.5) is 5.69 Å². The number of halogens is 1. The van der Waals surface area contributed by atoms with E-state index < -0.39 is 4.92 Å². The molecule has 0 bridgehead atoms. The van der Waals surface area contributed by atoms with Crippen LogP contribution in [-0.2, 0) is 4.79 Å². The largest absolute Gasteiger partial charge is 0.339 e. The molecule has 0 saturated carbocycles. The lowest BCUT2D eigenvalue weighted by Gasteiger charge is -2.35. The number of rotatable bonds is 3. The summed E-state index contributed by atoms with van der Waals surface area (Å²) in [6.45, 7) is 5.35. The second-order valence-electron chi connectivity index (χ2n) is 5.69. The fourth-order valence-electron chi connectivity index (χ4n) is 2.46. The molecule has 7 nitrogen and oxygen atoms in total. The molecule has 2 amide bonds. The third-order valence-corrected chi connectivity index (χ3v) is 4.09. The van der Waals surface area contributed by atoms with E-state index in [0.717, 1.165) is 0 Å². The number of nitro benzene ring substituents is 1. The molecule has 2 rings (SSSR count). The third kappa shape index (κ3) is 3.79. The molecule has 1 fully saturated rings. The summed E-state index contributed by atoms with van der Waals surface area (Å²) >= 11 is 6.00. The summed E-state index contributed by atoms with van der Waals surface area (Å²) in [6.07, 6.45) is 0. The van der Waals surface area contributed by atoms with Crippen molar-refractivity contribution in [1.82, 2.24) is 9.80 Å². The van der Waals surface area contributed by atoms with Gasteiger partial charge in [0.15, 0.2) is 0 Å². The first-order valence-corrected chi connectivity index (χ1v) is 7.71. The predicted octanol–water partition coefficient (Wildman–Crippen LogP) is 2.19. The molecule has 0 aromatic heterocycles. The zero-order valence-corrected chi connectivity index (χ0v) is 13.7. The Morgan fingerprint density at radius 2 is 1.74 bits per heavy atom. The lowest BCUT2D eigenvalue weighted by Crippen LogP contribution is -2.51. The first-order valence-electron chi connectivity index (χ1n) is 7.33. The van der Waals surface area contributed by atoms with E-state index >= 15 is 0 Å². The van der Waals surface area contributed by atoms with E-state index in [4.69, 9.17) is 11.6 Å². The van der Waals surface area contributed by atoms with Crippen LogP contribution in [0.1, 0.15) is 24.2 Å². The van der Waals surface area contributed by atoms with Crippen LogP contribution in [0.5, 0.6) is 0 Å². The topological polar surface area (TPSA) is 83.8 Å². The summed E-state index contributed by atoms with van der Waals surface area (Å²) in [5.41, 5.74) is -0.0594. The Balaban J connectivity index is 2.10. The minimum atomic E-state index is -0.563. The summed E-state index contributed by atoms with van der Waals surface area (Å²) in [5.74, 6) is -0.371. The maximum atomic E-state index is 12.5. The highest BCUT2D eigenvalue weighted by Gasteiger charge is 2.27. The Hall–Kier alpha value is -2.15. The summed E-state index contributed by atoms with van der Waals surface area (Å²) in [7, 11) is 0. The van der Waals surface area contributed by atoms with Gasteiger partial charge < -0.3 is 9.80 Å². The molecule has 23 heavy (non-hydrogen) atoms. The van der Waals surface area contributed by atoms with Gasteiger partial charge in [0.25, 0.3) is 11.6 Å². The van der Waals surface area contributed by atoms with E-state index in [1.807, 2.05) is 13.8 Å². The van der Waals surface area contributed by atoms with Gasteiger partial charge in [0, 0.05) is 44.2 Å². The smallest absolute Gasteiger partial charge is 0.270 e. The maximum Gasteiger partial charge on any atom is 0.270 e. The van der Waals surface area contributed by atoms with Gasteiger partial charge in [-0.3, -0.25) is 19.7 Å². The molecular formula is C15H18ClN3O4. The summed E-state index contributed by atoms with van der Waals surface area (Å²) < 4.78 is 0. The van der Waals surface area contributed by atoms with Crippen LogP contribution in [0, 0.1) is 16.0 Å². The molecule has 0 aliphatic carbocycles. The second-order valence-corrected chi connectivity index (χ2v) is 6.10. The standard InChI is InChI=1S/C15H18ClN3O4/c1-10(2)14(20)17-5-7-18(8-6-17)15(21)12-9-11(19(22)23)3-4-13(12)16/h3-4,9-10H,5-8H2,1-2H3. The van der Waals surface area contributed by atoms with Gasteiger partial charge >= 0.3 is 0 Å². The van der Waals surface area contributed by atoms with Crippen molar-refractivity contribution < 1.29 is 14.5 Å². The van der Waals surface area contributed by atoms with E-state index in [1.54, 1.807) is 9.80 Å². The number of nitrogens with zero attached hydrogens (tertiary/aromatic N) is 3. The number of non-ortho nitro benzene ring substituents is 1. The van der Waals surface area contributed by atoms with E-state index in [1.165, 1.54) is 18.2 Å². The van der Waals surface area contributed by atoms with Crippen LogP contribution < -0.4 is 0 Å². The van der Waals surface area contributed by atoms with Crippen molar-refractivity contribution in [3.05, 3.63) is 38.9 Å². The van der Waals surface area contributed by atoms with Crippen LogP contribution in [0.25, 0.3) is 0 Å². The molecule has 1 aromatic carbocycles. The highest BCUT2D eigenvalue weighted by atomic mass is 35.5. The van der Waals surface area contributed by atoms with Gasteiger partial charge in [0.05, 0.1) is 15.5 Å². The van der Waals surface area contributed by atoms with Crippen LogP contribution >= 0.6 is 11.6 Å². The lowest BCUT2D eigenvalue weighted by molar-refractivity contribution is -0.384. The zero-order chi connectivity index (χ0) is 17.1. The average molecular weight is 340 g/mol. The van der Waals surface area contributed by atoms with Crippen molar-refractivity contribution in [3.8, 4) is 0 Å². The molecular weight excluding hydrogens is 322 g/mol. The summed E-state index contributed by atoms with van der Waals surface area (Å²) in [6, 6.07) is 3.81. The highest BCUT2D eigenvalue weighted by molar-refractivity contribution is 6.33. The lowest BCUT2D eigenvalue weighted by atomic mass is 10.1. The van der Waals surface area contributed by atoms with Crippen molar-refractivity contribution in [2.24, 2.45) is 5.92 Å². The van der Waals surface area contributed by atoms with Gasteiger partial charge in [0.2, 0.25) is 5.91 Å². The van der Waals surface area contributed by atoms with Crippen LogP contribution in [0.15, 0.2) is 18.2 Å². The minimum Gasteiger partial charge on any atom is -0.339 e. The van der Waals surface area contributed by atoms with Gasteiger partial charge in [-0.2, -0.15) is 0 Å². The number of amides is 2. The Morgan fingerprint density at radius 1 is 1.17 bits per heavy atom. The number of carbonyl (C=O) groups excluding carboxylic acids is 2. The molecule has 1 saturated heterocycles. The van der Waals surface area contributed by atoms with Gasteiger partial charge in [-0.25, -0.2) is 0 Å². The minimum absolute atomic E-state index is 0.0606. The number of nitro groups is 1. The predicted molar refractivity (Wildman–Crippen MR) is 85.4 cm³/mol. The van der Waals surface area contributed by atoms with Gasteiger partial charge in [-0.1, -0.05) is 25.4 Å². The van der Waals surface area contributed by atoms with Crippen molar-refractivity contribution in [1.29, 1.82) is 0 Å². The molecule has 1 heterocycles. The van der Waals surface area contributed by atoms with E-state index in [0.29, 0.717) is 26.2 Å². The van der Waals surface area contributed by atoms with Crippen molar-refractivity contribution in [2.45, 2.75) is 13.8 Å². The average Bonchev–Trinajstić information content (AvgIpc) is 2.53. The first kappa shape index (κ1) is 17.2. The van der Waals surface area contributed by atoms with Crippen LogP contribution in [0.3, 0.4) is 0 Å². The maximum absolute atomic E-state index is 12.5. The molecule has 0 unspecified atom stereocenters. The SMILES string of the molecule is CC(C)C(=O)N1CCN(C(=O)c2cc([N+](=O)[O-])ccc2Cl)CC1. The highest BCUT2D eigenvalue weighted by Crippen LogP contribution is 2.24. The van der Waals surface area contributed by atoms with Crippen molar-refractivity contribution in [3.63, 3.8) is 0 Å². The Kier molecular flexibility index (Phi) is 5.20. The van der Waals surface area contributed by atoms with Gasteiger partial charge in [-0.15, -0.1) is 0 Å². The molecule has 0 atom stereocenters. The third-order valence-electron chi connectivity index (χ3n) is 3.76. The van der Waals surface area contributed by atoms with Gasteiger partial charge in [-0.05, 0) is 6.07 Å².